The van der Waals surface area contributed by atoms with Gasteiger partial charge in [-0.15, -0.1) is 0 Å². The number of nitrogens with zero attached hydrogens (tertiary/aromatic N) is 2. The third-order valence-corrected chi connectivity index (χ3v) is 5.75. The number of carbonyl (C=O) groups is 4. The van der Waals surface area contributed by atoms with Crippen LogP contribution >= 0.6 is 0 Å². The van der Waals surface area contributed by atoms with Crippen LogP contribution in [-0.4, -0.2) is 42.2 Å². The highest BCUT2D eigenvalue weighted by atomic mass is 16.5. The van der Waals surface area contributed by atoms with Crippen LogP contribution in [0.5, 0.6) is 0 Å². The molecule has 0 unspecified atom stereocenters. The normalized spacial score (nSPS) is 14.5. The molecule has 0 saturated carbocycles. The number of hydrogen-bond acceptors (Lipinski definition) is 6. The lowest BCUT2D eigenvalue weighted by Crippen LogP contribution is -2.29. The van der Waals surface area contributed by atoms with Gasteiger partial charge in [0.1, 0.15) is 5.76 Å². The van der Waals surface area contributed by atoms with Crippen LogP contribution in [0.2, 0.25) is 0 Å². The molecule has 3 amide bonds. The van der Waals surface area contributed by atoms with Crippen molar-refractivity contribution in [2.45, 2.75) is 13.0 Å². The summed E-state index contributed by atoms with van der Waals surface area (Å²) in [6.45, 7) is 0.484. The molecule has 32 heavy (non-hydrogen) atoms. The smallest absolute Gasteiger partial charge is 0.337 e. The zero-order valence-corrected chi connectivity index (χ0v) is 17.2. The van der Waals surface area contributed by atoms with E-state index in [0.29, 0.717) is 35.5 Å². The number of hydrogen-bond donors (Lipinski definition) is 0. The van der Waals surface area contributed by atoms with Crippen molar-refractivity contribution >= 4 is 29.4 Å². The number of benzene rings is 2. The predicted molar refractivity (Wildman–Crippen MR) is 113 cm³/mol. The highest BCUT2D eigenvalue weighted by Gasteiger charge is 2.37. The first kappa shape index (κ1) is 19.7. The van der Waals surface area contributed by atoms with Gasteiger partial charge in [0.05, 0.1) is 36.6 Å². The van der Waals surface area contributed by atoms with E-state index in [1.807, 2.05) is 0 Å². The molecular formula is C24H18N2O6. The van der Waals surface area contributed by atoms with Gasteiger partial charge >= 0.3 is 5.97 Å². The number of anilines is 1. The number of imide groups is 1. The molecule has 0 spiro atoms. The molecule has 2 aromatic carbocycles. The molecule has 0 atom stereocenters. The molecule has 0 saturated heterocycles. The zero-order chi connectivity index (χ0) is 22.4. The maximum Gasteiger partial charge on any atom is 0.337 e. The number of carbonyl (C=O) groups excluding carboxylic acids is 4. The number of furan rings is 1. The Morgan fingerprint density at radius 1 is 1.00 bits per heavy atom. The fourth-order valence-corrected chi connectivity index (χ4v) is 4.14. The molecule has 0 fully saturated rings. The minimum absolute atomic E-state index is 0.0324. The quantitative estimate of drug-likeness (QED) is 0.466. The van der Waals surface area contributed by atoms with Crippen LogP contribution < -0.4 is 4.90 Å². The lowest BCUT2D eigenvalue weighted by atomic mass is 10.0. The average molecular weight is 430 g/mol. The molecule has 0 aliphatic carbocycles. The maximum atomic E-state index is 13.2. The SMILES string of the molecule is COC(=O)c1ccc2c(c1)CCN2C(=O)c1ccc2c(c1)C(=O)N(Cc1ccco1)C2=O. The summed E-state index contributed by atoms with van der Waals surface area (Å²) in [5.74, 6) is -1.08. The Kier molecular flexibility index (Phi) is 4.62. The molecule has 8 nitrogen and oxygen atoms in total. The van der Waals surface area contributed by atoms with Gasteiger partial charge in [-0.3, -0.25) is 19.3 Å². The molecule has 8 heteroatoms. The molecule has 3 aromatic rings. The fourth-order valence-electron chi connectivity index (χ4n) is 4.14. The molecule has 2 aliphatic rings. The Morgan fingerprint density at radius 2 is 1.78 bits per heavy atom. The second kappa shape index (κ2) is 7.49. The number of rotatable bonds is 4. The van der Waals surface area contributed by atoms with Gasteiger partial charge in [-0.25, -0.2) is 4.79 Å². The minimum atomic E-state index is -0.458. The number of amides is 3. The van der Waals surface area contributed by atoms with Gasteiger partial charge in [0, 0.05) is 17.8 Å². The molecule has 0 radical (unpaired) electrons. The van der Waals surface area contributed by atoms with Crippen molar-refractivity contribution in [2.24, 2.45) is 0 Å². The Labute approximate surface area is 183 Å². The van der Waals surface area contributed by atoms with E-state index in [0.717, 1.165) is 10.5 Å². The van der Waals surface area contributed by atoms with E-state index in [2.05, 4.69) is 0 Å². The van der Waals surface area contributed by atoms with Crippen molar-refractivity contribution in [1.29, 1.82) is 0 Å². The molecule has 0 N–H and O–H groups in total. The number of ether oxygens (including phenoxy) is 1. The van der Waals surface area contributed by atoms with Crippen molar-refractivity contribution in [3.63, 3.8) is 0 Å². The van der Waals surface area contributed by atoms with E-state index >= 15 is 0 Å². The van der Waals surface area contributed by atoms with Gasteiger partial charge in [-0.2, -0.15) is 0 Å². The molecule has 2 aliphatic heterocycles. The summed E-state index contributed by atoms with van der Waals surface area (Å²) in [6, 6.07) is 13.0. The Bertz CT molecular complexity index is 1280. The molecule has 3 heterocycles. The highest BCUT2D eigenvalue weighted by Crippen LogP contribution is 2.32. The van der Waals surface area contributed by atoms with Crippen molar-refractivity contribution < 1.29 is 28.3 Å². The maximum absolute atomic E-state index is 13.2. The average Bonchev–Trinajstić information content (AvgIpc) is 3.54. The van der Waals surface area contributed by atoms with Gasteiger partial charge in [0.15, 0.2) is 0 Å². The Hall–Kier alpha value is -4.20. The first-order valence-electron chi connectivity index (χ1n) is 10.0. The predicted octanol–water partition coefficient (Wildman–Crippen LogP) is 3.07. The number of esters is 1. The fraction of sp³-hybridized carbons (Fsp3) is 0.167. The monoisotopic (exact) mass is 430 g/mol. The first-order valence-corrected chi connectivity index (χ1v) is 10.0. The third-order valence-electron chi connectivity index (χ3n) is 5.75. The second-order valence-electron chi connectivity index (χ2n) is 7.58. The van der Waals surface area contributed by atoms with Gasteiger partial charge in [-0.1, -0.05) is 0 Å². The van der Waals surface area contributed by atoms with E-state index in [1.54, 1.807) is 41.3 Å². The van der Waals surface area contributed by atoms with Gasteiger partial charge in [0.25, 0.3) is 17.7 Å². The van der Waals surface area contributed by atoms with E-state index < -0.39 is 17.8 Å². The summed E-state index contributed by atoms with van der Waals surface area (Å²) in [4.78, 5) is 53.2. The second-order valence-corrected chi connectivity index (χ2v) is 7.58. The van der Waals surface area contributed by atoms with E-state index in [4.69, 9.17) is 9.15 Å². The molecular weight excluding hydrogens is 412 g/mol. The van der Waals surface area contributed by atoms with Crippen molar-refractivity contribution in [3.05, 3.63) is 88.4 Å². The number of fused-ring (bicyclic) bond motifs is 2. The summed E-state index contributed by atoms with van der Waals surface area (Å²) in [5, 5.41) is 0. The molecule has 1 aromatic heterocycles. The standard InChI is InChI=1S/C24H18N2O6/c1-31-24(30)16-5-7-20-14(11-16)8-9-25(20)21(27)15-4-6-18-19(12-15)23(29)26(22(18)28)13-17-3-2-10-32-17/h2-7,10-12H,8-9,13H2,1H3. The first-order chi connectivity index (χ1) is 15.5. The van der Waals surface area contributed by atoms with Crippen LogP contribution in [0.4, 0.5) is 5.69 Å². The van der Waals surface area contributed by atoms with Crippen LogP contribution in [0.3, 0.4) is 0 Å². The molecule has 160 valence electrons. The highest BCUT2D eigenvalue weighted by molar-refractivity contribution is 6.22. The van der Waals surface area contributed by atoms with E-state index in [1.165, 1.54) is 25.5 Å². The molecule has 5 rings (SSSR count). The van der Waals surface area contributed by atoms with Crippen molar-refractivity contribution in [3.8, 4) is 0 Å². The van der Waals surface area contributed by atoms with Gasteiger partial charge in [-0.05, 0) is 60.5 Å². The van der Waals surface area contributed by atoms with Gasteiger partial charge in [0.2, 0.25) is 0 Å². The summed E-state index contributed by atoms with van der Waals surface area (Å²) in [7, 11) is 1.32. The van der Waals surface area contributed by atoms with Crippen LogP contribution in [0.15, 0.2) is 59.2 Å². The lowest BCUT2D eigenvalue weighted by Gasteiger charge is -2.18. The van der Waals surface area contributed by atoms with Crippen LogP contribution in [0.25, 0.3) is 0 Å². The van der Waals surface area contributed by atoms with Gasteiger partial charge < -0.3 is 14.1 Å². The topological polar surface area (TPSA) is 97.1 Å². The van der Waals surface area contributed by atoms with Crippen LogP contribution in [0.1, 0.15) is 52.8 Å². The van der Waals surface area contributed by atoms with E-state index in [-0.39, 0.29) is 23.6 Å². The molecule has 0 bridgehead atoms. The Balaban J connectivity index is 1.41. The van der Waals surface area contributed by atoms with E-state index in [9.17, 15) is 19.2 Å². The summed E-state index contributed by atoms with van der Waals surface area (Å²) in [6.07, 6.45) is 2.08. The largest absolute Gasteiger partial charge is 0.467 e. The Morgan fingerprint density at radius 3 is 2.53 bits per heavy atom. The minimum Gasteiger partial charge on any atom is -0.467 e. The zero-order valence-electron chi connectivity index (χ0n) is 17.2. The third kappa shape index (κ3) is 3.08. The van der Waals surface area contributed by atoms with Crippen molar-refractivity contribution in [1.82, 2.24) is 4.90 Å². The van der Waals surface area contributed by atoms with Crippen LogP contribution in [-0.2, 0) is 17.7 Å². The van der Waals surface area contributed by atoms with Crippen molar-refractivity contribution in [2.75, 3.05) is 18.6 Å². The summed E-state index contributed by atoms with van der Waals surface area (Å²) >= 11 is 0. The lowest BCUT2D eigenvalue weighted by molar-refractivity contribution is 0.0597. The summed E-state index contributed by atoms with van der Waals surface area (Å²) < 4.78 is 10.0. The number of methoxy groups -OCH3 is 1. The van der Waals surface area contributed by atoms with Crippen LogP contribution in [0, 0.1) is 0 Å². The summed E-state index contributed by atoms with van der Waals surface area (Å²) in [5.41, 5.74) is 2.80.